The second-order valence-corrected chi connectivity index (χ2v) is 6.22. The first-order valence-electron chi connectivity index (χ1n) is 7.59. The molecule has 0 radical (unpaired) electrons. The van der Waals surface area contributed by atoms with Crippen LogP contribution in [-0.4, -0.2) is 5.91 Å². The zero-order chi connectivity index (χ0) is 18.5. The molecule has 3 aromatic rings. The first-order chi connectivity index (χ1) is 12.5. The van der Waals surface area contributed by atoms with Crippen molar-refractivity contribution < 1.29 is 9.21 Å². The molecule has 4 nitrogen and oxygen atoms in total. The highest BCUT2D eigenvalue weighted by Crippen LogP contribution is 2.25. The number of benzene rings is 2. The third kappa shape index (κ3) is 4.34. The highest BCUT2D eigenvalue weighted by molar-refractivity contribution is 6.31. The van der Waals surface area contributed by atoms with Gasteiger partial charge < -0.3 is 9.73 Å². The predicted molar refractivity (Wildman–Crippen MR) is 103 cm³/mol. The van der Waals surface area contributed by atoms with Crippen LogP contribution in [0, 0.1) is 11.3 Å². The molecule has 26 heavy (non-hydrogen) atoms. The summed E-state index contributed by atoms with van der Waals surface area (Å²) in [5.74, 6) is 0.465. The average Bonchev–Trinajstić information content (AvgIpc) is 3.09. The molecule has 2 aromatic carbocycles. The molecule has 0 aliphatic rings. The zero-order valence-corrected chi connectivity index (χ0v) is 14.9. The topological polar surface area (TPSA) is 66.0 Å². The molecular formula is C20H12Cl2N2O2. The van der Waals surface area contributed by atoms with E-state index in [-0.39, 0.29) is 5.57 Å². The molecule has 1 N–H and O–H groups in total. The summed E-state index contributed by atoms with van der Waals surface area (Å²) >= 11 is 11.8. The molecule has 1 aromatic heterocycles. The normalized spacial score (nSPS) is 11.0. The number of carbonyl (C=O) groups is 1. The predicted octanol–water partition coefficient (Wildman–Crippen LogP) is 5.80. The quantitative estimate of drug-likeness (QED) is 0.457. The van der Waals surface area contributed by atoms with Crippen LogP contribution in [0.15, 0.2) is 70.7 Å². The monoisotopic (exact) mass is 382 g/mol. The van der Waals surface area contributed by atoms with Crippen LogP contribution in [0.1, 0.15) is 5.76 Å². The van der Waals surface area contributed by atoms with Gasteiger partial charge in [0.1, 0.15) is 23.2 Å². The van der Waals surface area contributed by atoms with Gasteiger partial charge in [0.25, 0.3) is 5.91 Å². The van der Waals surface area contributed by atoms with Crippen molar-refractivity contribution in [2.45, 2.75) is 0 Å². The Hall–Kier alpha value is -3.00. The van der Waals surface area contributed by atoms with Crippen molar-refractivity contribution >= 4 is 40.9 Å². The SMILES string of the molecule is N#CC(=Cc1ccc(-c2ccc(Cl)cc2)o1)C(=O)Nc1cccc(Cl)c1. The van der Waals surface area contributed by atoms with Crippen LogP contribution in [0.4, 0.5) is 5.69 Å². The van der Waals surface area contributed by atoms with Gasteiger partial charge in [0.05, 0.1) is 0 Å². The molecule has 128 valence electrons. The van der Waals surface area contributed by atoms with Crippen molar-refractivity contribution in [2.75, 3.05) is 5.32 Å². The summed E-state index contributed by atoms with van der Waals surface area (Å²) < 4.78 is 5.69. The summed E-state index contributed by atoms with van der Waals surface area (Å²) in [5, 5.41) is 13.0. The highest BCUT2D eigenvalue weighted by Gasteiger charge is 2.12. The van der Waals surface area contributed by atoms with Gasteiger partial charge in [-0.2, -0.15) is 5.26 Å². The molecule has 0 saturated heterocycles. The minimum absolute atomic E-state index is 0.0815. The number of rotatable bonds is 4. The van der Waals surface area contributed by atoms with Gasteiger partial charge in [-0.25, -0.2) is 0 Å². The lowest BCUT2D eigenvalue weighted by Gasteiger charge is -2.04. The number of nitriles is 1. The summed E-state index contributed by atoms with van der Waals surface area (Å²) in [6.07, 6.45) is 1.39. The third-order valence-electron chi connectivity index (χ3n) is 3.49. The molecular weight excluding hydrogens is 371 g/mol. The van der Waals surface area contributed by atoms with Crippen LogP contribution in [0.5, 0.6) is 0 Å². The van der Waals surface area contributed by atoms with Gasteiger partial charge in [-0.15, -0.1) is 0 Å². The summed E-state index contributed by atoms with van der Waals surface area (Å²) in [5.41, 5.74) is 1.27. The number of furan rings is 1. The molecule has 0 spiro atoms. The second kappa shape index (κ2) is 7.92. The van der Waals surface area contributed by atoms with Crippen molar-refractivity contribution in [3.05, 3.63) is 82.0 Å². The van der Waals surface area contributed by atoms with Crippen LogP contribution >= 0.6 is 23.2 Å². The van der Waals surface area contributed by atoms with Crippen LogP contribution in [-0.2, 0) is 4.79 Å². The fourth-order valence-corrected chi connectivity index (χ4v) is 2.57. The van der Waals surface area contributed by atoms with E-state index in [9.17, 15) is 10.1 Å². The van der Waals surface area contributed by atoms with Crippen molar-refractivity contribution in [1.29, 1.82) is 5.26 Å². The summed E-state index contributed by atoms with van der Waals surface area (Å²) in [7, 11) is 0. The number of nitrogens with one attached hydrogen (secondary N) is 1. The number of hydrogen-bond donors (Lipinski definition) is 1. The molecule has 3 rings (SSSR count). The van der Waals surface area contributed by atoms with Crippen molar-refractivity contribution in [3.63, 3.8) is 0 Å². The molecule has 1 heterocycles. The van der Waals surface area contributed by atoms with Crippen LogP contribution in [0.3, 0.4) is 0 Å². The standard InChI is InChI=1S/C20H12Cl2N2O2/c21-15-6-4-13(5-7-15)19-9-8-18(26-19)10-14(12-23)20(25)24-17-3-1-2-16(22)11-17/h1-11H,(H,24,25). The number of hydrogen-bond acceptors (Lipinski definition) is 3. The summed E-state index contributed by atoms with van der Waals surface area (Å²) in [6, 6.07) is 19.2. The number of carbonyl (C=O) groups excluding carboxylic acids is 1. The molecule has 0 saturated carbocycles. The summed E-state index contributed by atoms with van der Waals surface area (Å²) in [6.45, 7) is 0. The fourth-order valence-electron chi connectivity index (χ4n) is 2.26. The van der Waals surface area contributed by atoms with E-state index in [0.717, 1.165) is 5.56 Å². The first-order valence-corrected chi connectivity index (χ1v) is 8.35. The molecule has 0 fully saturated rings. The van der Waals surface area contributed by atoms with Gasteiger partial charge in [0, 0.05) is 27.4 Å². The largest absolute Gasteiger partial charge is 0.457 e. The van der Waals surface area contributed by atoms with E-state index in [1.54, 1.807) is 48.5 Å². The Bertz CT molecular complexity index is 1010. The van der Waals surface area contributed by atoms with E-state index in [1.807, 2.05) is 18.2 Å². The molecule has 0 aliphatic heterocycles. The maximum Gasteiger partial charge on any atom is 0.266 e. The lowest BCUT2D eigenvalue weighted by atomic mass is 10.2. The lowest BCUT2D eigenvalue weighted by Crippen LogP contribution is -2.13. The minimum Gasteiger partial charge on any atom is -0.457 e. The van der Waals surface area contributed by atoms with Crippen molar-refractivity contribution in [2.24, 2.45) is 0 Å². The van der Waals surface area contributed by atoms with E-state index in [2.05, 4.69) is 5.32 Å². The highest BCUT2D eigenvalue weighted by atomic mass is 35.5. The zero-order valence-electron chi connectivity index (χ0n) is 13.4. The smallest absolute Gasteiger partial charge is 0.266 e. The first kappa shape index (κ1) is 17.8. The maximum atomic E-state index is 12.3. The van der Waals surface area contributed by atoms with E-state index in [0.29, 0.717) is 27.3 Å². The number of nitrogens with zero attached hydrogens (tertiary/aromatic N) is 1. The van der Waals surface area contributed by atoms with Gasteiger partial charge in [0.2, 0.25) is 0 Å². The Morgan fingerprint density at radius 3 is 2.50 bits per heavy atom. The van der Waals surface area contributed by atoms with Gasteiger partial charge in [0.15, 0.2) is 0 Å². The Kier molecular flexibility index (Phi) is 5.43. The molecule has 0 atom stereocenters. The molecule has 0 aliphatic carbocycles. The maximum absolute atomic E-state index is 12.3. The Morgan fingerprint density at radius 1 is 1.04 bits per heavy atom. The number of amides is 1. The Balaban J connectivity index is 1.80. The number of anilines is 1. The van der Waals surface area contributed by atoms with Gasteiger partial charge in [-0.3, -0.25) is 4.79 Å². The Morgan fingerprint density at radius 2 is 1.81 bits per heavy atom. The minimum atomic E-state index is -0.542. The Labute approximate surface area is 160 Å². The molecule has 0 unspecified atom stereocenters. The van der Waals surface area contributed by atoms with E-state index >= 15 is 0 Å². The van der Waals surface area contributed by atoms with E-state index in [1.165, 1.54) is 6.08 Å². The molecule has 0 bridgehead atoms. The van der Waals surface area contributed by atoms with Gasteiger partial charge in [-0.1, -0.05) is 29.3 Å². The lowest BCUT2D eigenvalue weighted by molar-refractivity contribution is -0.112. The van der Waals surface area contributed by atoms with E-state index < -0.39 is 5.91 Å². The average molecular weight is 383 g/mol. The summed E-state index contributed by atoms with van der Waals surface area (Å²) in [4.78, 5) is 12.3. The number of halogens is 2. The van der Waals surface area contributed by atoms with Crippen molar-refractivity contribution in [3.8, 4) is 17.4 Å². The van der Waals surface area contributed by atoms with Crippen molar-refractivity contribution in [1.82, 2.24) is 0 Å². The fraction of sp³-hybridized carbons (Fsp3) is 0. The molecule has 6 heteroatoms. The third-order valence-corrected chi connectivity index (χ3v) is 3.98. The molecule has 1 amide bonds. The van der Waals surface area contributed by atoms with Crippen LogP contribution < -0.4 is 5.32 Å². The van der Waals surface area contributed by atoms with Crippen LogP contribution in [0.2, 0.25) is 10.0 Å². The second-order valence-electron chi connectivity index (χ2n) is 5.34. The van der Waals surface area contributed by atoms with E-state index in [4.69, 9.17) is 27.6 Å². The van der Waals surface area contributed by atoms with Gasteiger partial charge >= 0.3 is 0 Å². The van der Waals surface area contributed by atoms with Gasteiger partial charge in [-0.05, 0) is 54.6 Å². The van der Waals surface area contributed by atoms with Crippen LogP contribution in [0.25, 0.3) is 17.4 Å².